The molecule has 2 amide bonds. The van der Waals surface area contributed by atoms with Crippen molar-refractivity contribution in [2.24, 2.45) is 0 Å². The highest BCUT2D eigenvalue weighted by Crippen LogP contribution is 2.21. The summed E-state index contributed by atoms with van der Waals surface area (Å²) >= 11 is 0. The number of benzene rings is 2. The summed E-state index contributed by atoms with van der Waals surface area (Å²) in [6, 6.07) is 12.7. The van der Waals surface area contributed by atoms with Crippen LogP contribution in [0.5, 0.6) is 0 Å². The second-order valence-corrected chi connectivity index (χ2v) is 9.20. The van der Waals surface area contributed by atoms with Crippen molar-refractivity contribution in [3.8, 4) is 0 Å². The molecule has 0 spiro atoms. The molecule has 3 N–H and O–H groups in total. The number of nitrogens with one attached hydrogen (secondary N) is 3. The molecule has 32 heavy (non-hydrogen) atoms. The number of aryl methyl sites for hydroxylation is 3. The summed E-state index contributed by atoms with van der Waals surface area (Å²) in [5.41, 5.74) is 3.96. The number of furan rings is 1. The number of amides is 2. The minimum atomic E-state index is -3.76. The molecule has 0 radical (unpaired) electrons. The maximum Gasteiger partial charge on any atom is 0.251 e. The lowest BCUT2D eigenvalue weighted by Gasteiger charge is -2.13. The van der Waals surface area contributed by atoms with Crippen molar-refractivity contribution in [3.63, 3.8) is 0 Å². The second kappa shape index (κ2) is 9.80. The molecule has 0 saturated heterocycles. The molecular weight excluding hydrogens is 430 g/mol. The predicted molar refractivity (Wildman–Crippen MR) is 121 cm³/mol. The Morgan fingerprint density at radius 3 is 2.22 bits per heavy atom. The molecule has 0 aliphatic rings. The third-order valence-electron chi connectivity index (χ3n) is 4.79. The summed E-state index contributed by atoms with van der Waals surface area (Å²) in [4.78, 5) is 24.6. The standard InChI is InChI=1S/C23H25N3O5S/c1-15-11-16(2)22(17(3)12-15)26-21(27)14-24-23(28)18-6-8-20(9-7-18)32(29,30)25-13-19-5-4-10-31-19/h4-12,25H,13-14H2,1-3H3,(H,24,28)(H,26,27). The second-order valence-electron chi connectivity index (χ2n) is 7.43. The topological polar surface area (TPSA) is 118 Å². The third-order valence-corrected chi connectivity index (χ3v) is 6.21. The molecule has 9 heteroatoms. The van der Waals surface area contributed by atoms with E-state index in [-0.39, 0.29) is 29.5 Å². The van der Waals surface area contributed by atoms with E-state index >= 15 is 0 Å². The number of carbonyl (C=O) groups is 2. The number of hydrogen-bond acceptors (Lipinski definition) is 5. The van der Waals surface area contributed by atoms with Gasteiger partial charge in [0.25, 0.3) is 5.91 Å². The Balaban J connectivity index is 1.56. The van der Waals surface area contributed by atoms with Crippen LogP contribution in [0.25, 0.3) is 0 Å². The van der Waals surface area contributed by atoms with Crippen LogP contribution in [-0.2, 0) is 21.4 Å². The van der Waals surface area contributed by atoms with Gasteiger partial charge in [0.05, 0.1) is 24.2 Å². The number of anilines is 1. The lowest BCUT2D eigenvalue weighted by molar-refractivity contribution is -0.115. The van der Waals surface area contributed by atoms with E-state index in [1.54, 1.807) is 12.1 Å². The molecule has 0 bridgehead atoms. The quantitative estimate of drug-likeness (QED) is 0.483. The highest BCUT2D eigenvalue weighted by molar-refractivity contribution is 7.89. The van der Waals surface area contributed by atoms with Gasteiger partial charge in [-0.05, 0) is 68.3 Å². The minimum absolute atomic E-state index is 0.0173. The van der Waals surface area contributed by atoms with Crippen LogP contribution >= 0.6 is 0 Å². The molecular formula is C23H25N3O5S. The fourth-order valence-corrected chi connectivity index (χ4v) is 4.26. The summed E-state index contributed by atoms with van der Waals surface area (Å²) < 4.78 is 32.3. The van der Waals surface area contributed by atoms with Gasteiger partial charge < -0.3 is 15.1 Å². The molecule has 0 fully saturated rings. The van der Waals surface area contributed by atoms with Crippen LogP contribution < -0.4 is 15.4 Å². The van der Waals surface area contributed by atoms with Crippen molar-refractivity contribution in [2.45, 2.75) is 32.2 Å². The summed E-state index contributed by atoms with van der Waals surface area (Å²) in [5, 5.41) is 5.36. The molecule has 2 aromatic carbocycles. The van der Waals surface area contributed by atoms with Crippen LogP contribution in [0.4, 0.5) is 5.69 Å². The van der Waals surface area contributed by atoms with E-state index in [4.69, 9.17) is 4.42 Å². The van der Waals surface area contributed by atoms with E-state index < -0.39 is 15.9 Å². The van der Waals surface area contributed by atoms with Gasteiger partial charge in [0.15, 0.2) is 0 Å². The molecule has 8 nitrogen and oxygen atoms in total. The van der Waals surface area contributed by atoms with E-state index in [0.29, 0.717) is 5.76 Å². The van der Waals surface area contributed by atoms with Gasteiger partial charge in [-0.1, -0.05) is 17.7 Å². The zero-order valence-electron chi connectivity index (χ0n) is 18.1. The van der Waals surface area contributed by atoms with Crippen LogP contribution in [0.15, 0.2) is 64.1 Å². The highest BCUT2D eigenvalue weighted by Gasteiger charge is 2.16. The molecule has 3 rings (SSSR count). The van der Waals surface area contributed by atoms with Crippen LogP contribution in [0.1, 0.15) is 32.8 Å². The van der Waals surface area contributed by atoms with Crippen molar-refractivity contribution >= 4 is 27.5 Å². The largest absolute Gasteiger partial charge is 0.468 e. The number of rotatable bonds is 8. The van der Waals surface area contributed by atoms with Crippen molar-refractivity contribution in [3.05, 3.63) is 82.8 Å². The maximum absolute atomic E-state index is 12.4. The Morgan fingerprint density at radius 2 is 1.62 bits per heavy atom. The van der Waals surface area contributed by atoms with E-state index in [2.05, 4.69) is 15.4 Å². The van der Waals surface area contributed by atoms with Gasteiger partial charge in [-0.3, -0.25) is 9.59 Å². The monoisotopic (exact) mass is 455 g/mol. The fourth-order valence-electron chi connectivity index (χ4n) is 3.27. The van der Waals surface area contributed by atoms with E-state index in [9.17, 15) is 18.0 Å². The van der Waals surface area contributed by atoms with Crippen molar-refractivity contribution < 1.29 is 22.4 Å². The molecule has 0 atom stereocenters. The maximum atomic E-state index is 12.4. The normalized spacial score (nSPS) is 11.2. The van der Waals surface area contributed by atoms with Crippen LogP contribution in [0, 0.1) is 20.8 Å². The Hall–Kier alpha value is -3.43. The van der Waals surface area contributed by atoms with Gasteiger partial charge in [-0.2, -0.15) is 0 Å². The Morgan fingerprint density at radius 1 is 0.969 bits per heavy atom. The minimum Gasteiger partial charge on any atom is -0.468 e. The summed E-state index contributed by atoms with van der Waals surface area (Å²) in [6.07, 6.45) is 1.46. The smallest absolute Gasteiger partial charge is 0.251 e. The first-order chi connectivity index (χ1) is 15.2. The highest BCUT2D eigenvalue weighted by atomic mass is 32.2. The number of sulfonamides is 1. The van der Waals surface area contributed by atoms with Crippen molar-refractivity contribution in [2.75, 3.05) is 11.9 Å². The summed E-state index contributed by atoms with van der Waals surface area (Å²) in [6.45, 7) is 5.61. The van der Waals surface area contributed by atoms with Crippen molar-refractivity contribution in [1.29, 1.82) is 0 Å². The Kier molecular flexibility index (Phi) is 7.12. The summed E-state index contributed by atoms with van der Waals surface area (Å²) in [7, 11) is -3.76. The van der Waals surface area contributed by atoms with Gasteiger partial charge in [-0.15, -0.1) is 0 Å². The van der Waals surface area contributed by atoms with Gasteiger partial charge in [-0.25, -0.2) is 13.1 Å². The molecule has 3 aromatic rings. The number of hydrogen-bond donors (Lipinski definition) is 3. The first kappa shape index (κ1) is 23.2. The van der Waals surface area contributed by atoms with Crippen LogP contribution in [0.2, 0.25) is 0 Å². The molecule has 0 aliphatic carbocycles. The van der Waals surface area contributed by atoms with Crippen LogP contribution in [0.3, 0.4) is 0 Å². The first-order valence-corrected chi connectivity index (χ1v) is 11.4. The van der Waals surface area contributed by atoms with Gasteiger partial charge in [0.2, 0.25) is 15.9 Å². The molecule has 0 saturated carbocycles. The van der Waals surface area contributed by atoms with Crippen LogP contribution in [-0.4, -0.2) is 26.8 Å². The van der Waals surface area contributed by atoms with Crippen molar-refractivity contribution in [1.82, 2.24) is 10.0 Å². The molecule has 168 valence electrons. The van der Waals surface area contributed by atoms with E-state index in [1.807, 2.05) is 32.9 Å². The zero-order valence-corrected chi connectivity index (χ0v) is 18.9. The molecule has 1 heterocycles. The lowest BCUT2D eigenvalue weighted by atomic mass is 10.1. The Labute approximate surface area is 187 Å². The molecule has 0 aliphatic heterocycles. The zero-order chi connectivity index (χ0) is 23.3. The third kappa shape index (κ3) is 5.83. The van der Waals surface area contributed by atoms with Gasteiger partial charge >= 0.3 is 0 Å². The Bertz CT molecular complexity index is 1190. The lowest BCUT2D eigenvalue weighted by Crippen LogP contribution is -2.33. The number of carbonyl (C=O) groups excluding carboxylic acids is 2. The van der Waals surface area contributed by atoms with Gasteiger partial charge in [0, 0.05) is 11.3 Å². The fraction of sp³-hybridized carbons (Fsp3) is 0.217. The molecule has 0 unspecified atom stereocenters. The summed E-state index contributed by atoms with van der Waals surface area (Å²) in [5.74, 6) is -0.349. The predicted octanol–water partition coefficient (Wildman–Crippen LogP) is 3.05. The first-order valence-electron chi connectivity index (χ1n) is 9.94. The van der Waals surface area contributed by atoms with Gasteiger partial charge in [0.1, 0.15) is 5.76 Å². The average Bonchev–Trinajstić information content (AvgIpc) is 3.27. The average molecular weight is 456 g/mol. The SMILES string of the molecule is Cc1cc(C)c(NC(=O)CNC(=O)c2ccc(S(=O)(=O)NCc3ccco3)cc2)c(C)c1. The van der Waals surface area contributed by atoms with E-state index in [1.165, 1.54) is 30.5 Å². The molecule has 1 aromatic heterocycles. The van der Waals surface area contributed by atoms with E-state index in [0.717, 1.165) is 22.4 Å².